The van der Waals surface area contributed by atoms with Crippen LogP contribution in [0.15, 0.2) is 18.3 Å². The van der Waals surface area contributed by atoms with E-state index in [4.69, 9.17) is 0 Å². The van der Waals surface area contributed by atoms with Crippen LogP contribution in [0.2, 0.25) is 0 Å². The number of aromatic nitrogens is 1. The van der Waals surface area contributed by atoms with Crippen molar-refractivity contribution in [2.45, 2.75) is 20.3 Å². The number of hydrogen-bond acceptors (Lipinski definition) is 2. The van der Waals surface area contributed by atoms with Crippen molar-refractivity contribution in [3.63, 3.8) is 0 Å². The van der Waals surface area contributed by atoms with Gasteiger partial charge in [0.2, 0.25) is 5.91 Å². The Morgan fingerprint density at radius 2 is 2.42 bits per heavy atom. The van der Waals surface area contributed by atoms with Gasteiger partial charge in [-0.1, -0.05) is 6.92 Å². The third kappa shape index (κ3) is 2.34. The fourth-order valence-corrected chi connectivity index (χ4v) is 0.873. The minimum atomic E-state index is 0.0283. The van der Waals surface area contributed by atoms with E-state index in [0.717, 1.165) is 11.4 Å². The summed E-state index contributed by atoms with van der Waals surface area (Å²) in [4.78, 5) is 15.0. The van der Waals surface area contributed by atoms with E-state index in [9.17, 15) is 4.79 Å². The molecule has 0 unspecified atom stereocenters. The SMILES string of the molecule is CCC(=O)Nc1ccnc(C)c1. The Morgan fingerprint density at radius 1 is 1.67 bits per heavy atom. The predicted molar refractivity (Wildman–Crippen MR) is 47.9 cm³/mol. The Hall–Kier alpha value is -1.38. The van der Waals surface area contributed by atoms with E-state index in [2.05, 4.69) is 10.3 Å². The highest BCUT2D eigenvalue weighted by Gasteiger charge is 1.97. The van der Waals surface area contributed by atoms with Crippen LogP contribution in [0.25, 0.3) is 0 Å². The summed E-state index contributed by atoms with van der Waals surface area (Å²) in [6.07, 6.45) is 2.18. The highest BCUT2D eigenvalue weighted by Crippen LogP contribution is 2.06. The molecule has 12 heavy (non-hydrogen) atoms. The Labute approximate surface area is 71.8 Å². The van der Waals surface area contributed by atoms with Crippen LogP contribution in [0.4, 0.5) is 5.69 Å². The van der Waals surface area contributed by atoms with Crippen molar-refractivity contribution < 1.29 is 4.79 Å². The van der Waals surface area contributed by atoms with Crippen LogP contribution in [0.1, 0.15) is 19.0 Å². The molecule has 0 spiro atoms. The number of nitrogens with one attached hydrogen (secondary N) is 1. The van der Waals surface area contributed by atoms with Gasteiger partial charge in [-0.25, -0.2) is 0 Å². The molecule has 0 saturated heterocycles. The summed E-state index contributed by atoms with van der Waals surface area (Å²) in [5, 5.41) is 2.75. The van der Waals surface area contributed by atoms with Gasteiger partial charge in [0.15, 0.2) is 0 Å². The summed E-state index contributed by atoms with van der Waals surface area (Å²) in [6, 6.07) is 3.62. The number of nitrogens with zero attached hydrogens (tertiary/aromatic N) is 1. The van der Waals surface area contributed by atoms with Gasteiger partial charge in [-0.15, -0.1) is 0 Å². The van der Waals surface area contributed by atoms with Gasteiger partial charge in [-0.05, 0) is 19.1 Å². The second-order valence-corrected chi connectivity index (χ2v) is 2.59. The van der Waals surface area contributed by atoms with E-state index in [1.807, 2.05) is 19.9 Å². The first-order chi connectivity index (χ1) is 5.72. The van der Waals surface area contributed by atoms with Gasteiger partial charge in [-0.2, -0.15) is 0 Å². The lowest BCUT2D eigenvalue weighted by Gasteiger charge is -2.02. The molecule has 1 rings (SSSR count). The van der Waals surface area contributed by atoms with Crippen molar-refractivity contribution in [1.82, 2.24) is 4.98 Å². The van der Waals surface area contributed by atoms with Crippen LogP contribution < -0.4 is 5.32 Å². The summed E-state index contributed by atoms with van der Waals surface area (Å²) < 4.78 is 0. The lowest BCUT2D eigenvalue weighted by molar-refractivity contribution is -0.115. The quantitative estimate of drug-likeness (QED) is 0.723. The van der Waals surface area contributed by atoms with E-state index >= 15 is 0 Å². The molecule has 0 saturated carbocycles. The van der Waals surface area contributed by atoms with Gasteiger partial charge in [0.05, 0.1) is 0 Å². The highest BCUT2D eigenvalue weighted by atomic mass is 16.1. The molecular weight excluding hydrogens is 152 g/mol. The van der Waals surface area contributed by atoms with Crippen LogP contribution in [0.3, 0.4) is 0 Å². The molecule has 3 heteroatoms. The maximum absolute atomic E-state index is 11.0. The average molecular weight is 164 g/mol. The monoisotopic (exact) mass is 164 g/mol. The first kappa shape index (κ1) is 8.71. The molecule has 1 aromatic rings. The maximum atomic E-state index is 11.0. The Kier molecular flexibility index (Phi) is 2.80. The standard InChI is InChI=1S/C9H12N2O/c1-3-9(12)11-8-4-5-10-7(2)6-8/h4-6H,3H2,1-2H3,(H,10,11,12). The molecule has 0 fully saturated rings. The van der Waals surface area contributed by atoms with Crippen molar-refractivity contribution in [2.24, 2.45) is 0 Å². The Bertz CT molecular complexity index is 284. The van der Waals surface area contributed by atoms with Gasteiger partial charge in [0, 0.05) is 24.0 Å². The summed E-state index contributed by atoms with van der Waals surface area (Å²) in [6.45, 7) is 3.71. The molecule has 1 N–H and O–H groups in total. The lowest BCUT2D eigenvalue weighted by atomic mass is 10.3. The van der Waals surface area contributed by atoms with Crippen LogP contribution in [-0.2, 0) is 4.79 Å². The summed E-state index contributed by atoms with van der Waals surface area (Å²) in [7, 11) is 0. The molecule has 1 heterocycles. The fraction of sp³-hybridized carbons (Fsp3) is 0.333. The maximum Gasteiger partial charge on any atom is 0.224 e. The first-order valence-corrected chi connectivity index (χ1v) is 3.95. The van der Waals surface area contributed by atoms with Gasteiger partial charge >= 0.3 is 0 Å². The van der Waals surface area contributed by atoms with Gasteiger partial charge in [0.25, 0.3) is 0 Å². The smallest absolute Gasteiger partial charge is 0.224 e. The van der Waals surface area contributed by atoms with E-state index in [1.165, 1.54) is 0 Å². The zero-order valence-corrected chi connectivity index (χ0v) is 7.29. The Morgan fingerprint density at radius 3 is 3.00 bits per heavy atom. The number of hydrogen-bond donors (Lipinski definition) is 1. The summed E-state index contributed by atoms with van der Waals surface area (Å²) in [5.74, 6) is 0.0283. The Balaban J connectivity index is 2.69. The second-order valence-electron chi connectivity index (χ2n) is 2.59. The second kappa shape index (κ2) is 3.85. The minimum Gasteiger partial charge on any atom is -0.326 e. The topological polar surface area (TPSA) is 42.0 Å². The van der Waals surface area contributed by atoms with Crippen molar-refractivity contribution in [1.29, 1.82) is 0 Å². The van der Waals surface area contributed by atoms with Crippen LogP contribution in [0.5, 0.6) is 0 Å². The number of carbonyl (C=O) groups is 1. The number of carbonyl (C=O) groups excluding carboxylic acids is 1. The van der Waals surface area contributed by atoms with Crippen molar-refractivity contribution in [3.8, 4) is 0 Å². The summed E-state index contributed by atoms with van der Waals surface area (Å²) in [5.41, 5.74) is 1.72. The van der Waals surface area contributed by atoms with E-state index in [-0.39, 0.29) is 5.91 Å². The molecule has 1 aromatic heterocycles. The molecular formula is C9H12N2O. The van der Waals surface area contributed by atoms with Gasteiger partial charge in [0.1, 0.15) is 0 Å². The third-order valence-corrected chi connectivity index (χ3v) is 1.50. The largest absolute Gasteiger partial charge is 0.326 e. The third-order valence-electron chi connectivity index (χ3n) is 1.50. The number of rotatable bonds is 2. The number of amides is 1. The van der Waals surface area contributed by atoms with Crippen molar-refractivity contribution in [2.75, 3.05) is 5.32 Å². The summed E-state index contributed by atoms with van der Waals surface area (Å²) >= 11 is 0. The van der Waals surface area contributed by atoms with Crippen molar-refractivity contribution in [3.05, 3.63) is 24.0 Å². The molecule has 0 bridgehead atoms. The van der Waals surface area contributed by atoms with E-state index in [0.29, 0.717) is 6.42 Å². The fourth-order valence-electron chi connectivity index (χ4n) is 0.873. The molecule has 0 aromatic carbocycles. The van der Waals surface area contributed by atoms with Gasteiger partial charge in [-0.3, -0.25) is 9.78 Å². The van der Waals surface area contributed by atoms with Crippen LogP contribution in [0, 0.1) is 6.92 Å². The predicted octanol–water partition coefficient (Wildman–Crippen LogP) is 1.74. The van der Waals surface area contributed by atoms with Gasteiger partial charge < -0.3 is 5.32 Å². The first-order valence-electron chi connectivity index (χ1n) is 3.95. The van der Waals surface area contributed by atoms with E-state index in [1.54, 1.807) is 12.3 Å². The number of anilines is 1. The molecule has 3 nitrogen and oxygen atoms in total. The molecule has 1 amide bonds. The molecule has 64 valence electrons. The molecule has 0 radical (unpaired) electrons. The zero-order valence-electron chi connectivity index (χ0n) is 7.29. The molecule has 0 aliphatic carbocycles. The van der Waals surface area contributed by atoms with Crippen LogP contribution in [-0.4, -0.2) is 10.9 Å². The normalized spacial score (nSPS) is 9.50. The van der Waals surface area contributed by atoms with E-state index < -0.39 is 0 Å². The average Bonchev–Trinajstić information content (AvgIpc) is 2.04. The molecule has 0 aliphatic rings. The zero-order chi connectivity index (χ0) is 8.97. The van der Waals surface area contributed by atoms with Crippen LogP contribution >= 0.6 is 0 Å². The number of pyridine rings is 1. The van der Waals surface area contributed by atoms with Crippen molar-refractivity contribution >= 4 is 11.6 Å². The number of aryl methyl sites for hydroxylation is 1. The lowest BCUT2D eigenvalue weighted by Crippen LogP contribution is -2.09. The molecule has 0 aliphatic heterocycles. The molecule has 0 atom stereocenters. The minimum absolute atomic E-state index is 0.0283. The highest BCUT2D eigenvalue weighted by molar-refractivity contribution is 5.90.